The Morgan fingerprint density at radius 2 is 1.65 bits per heavy atom. The molecular weight excluding hydrogens is 330 g/mol. The van der Waals surface area contributed by atoms with Crippen molar-refractivity contribution in [3.05, 3.63) is 0 Å². The number of amides is 1. The maximum absolute atomic E-state index is 12.3. The van der Waals surface area contributed by atoms with Crippen LogP contribution in [0.15, 0.2) is 0 Å². The van der Waals surface area contributed by atoms with Crippen molar-refractivity contribution in [2.45, 2.75) is 71.1 Å². The Kier molecular flexibility index (Phi) is 6.96. The van der Waals surface area contributed by atoms with Crippen molar-refractivity contribution in [2.75, 3.05) is 26.4 Å². The Hall–Kier alpha value is -1.10. The molecule has 0 aromatic heterocycles. The van der Waals surface area contributed by atoms with Gasteiger partial charge in [0.05, 0.1) is 19.6 Å². The summed E-state index contributed by atoms with van der Waals surface area (Å²) in [6.45, 7) is 3.77. The van der Waals surface area contributed by atoms with E-state index in [1.54, 1.807) is 0 Å². The molecule has 5 nitrogen and oxygen atoms in total. The van der Waals surface area contributed by atoms with Gasteiger partial charge in [-0.25, -0.2) is 0 Å². The summed E-state index contributed by atoms with van der Waals surface area (Å²) >= 11 is 0. The Morgan fingerprint density at radius 3 is 2.27 bits per heavy atom. The molecule has 0 saturated heterocycles. The summed E-state index contributed by atoms with van der Waals surface area (Å²) in [5.74, 6) is 2.63. The van der Waals surface area contributed by atoms with E-state index in [-0.39, 0.29) is 17.3 Å². The SMILES string of the molecule is CCCCC(=O)NCCOCCOC(=O)CC12CC3CC(CC(C3)C1)C2. The van der Waals surface area contributed by atoms with Gasteiger partial charge in [0, 0.05) is 13.0 Å². The van der Waals surface area contributed by atoms with Crippen LogP contribution in [0.1, 0.15) is 71.1 Å². The van der Waals surface area contributed by atoms with Gasteiger partial charge in [0.1, 0.15) is 6.61 Å². The fraction of sp³-hybridized carbons (Fsp3) is 0.905. The number of esters is 1. The molecule has 1 amide bonds. The molecule has 0 aliphatic heterocycles. The van der Waals surface area contributed by atoms with Gasteiger partial charge in [0.15, 0.2) is 0 Å². The Bertz CT molecular complexity index is 455. The van der Waals surface area contributed by atoms with E-state index in [9.17, 15) is 9.59 Å². The van der Waals surface area contributed by atoms with Crippen molar-refractivity contribution in [2.24, 2.45) is 23.2 Å². The highest BCUT2D eigenvalue weighted by Gasteiger charge is 2.51. The summed E-state index contributed by atoms with van der Waals surface area (Å²) in [5, 5.41) is 2.83. The molecule has 1 N–H and O–H groups in total. The third-order valence-electron chi connectivity index (χ3n) is 6.50. The fourth-order valence-corrected chi connectivity index (χ4v) is 5.87. The molecule has 4 aliphatic carbocycles. The molecule has 0 aromatic rings. The molecule has 0 atom stereocenters. The lowest BCUT2D eigenvalue weighted by Crippen LogP contribution is -2.47. The van der Waals surface area contributed by atoms with E-state index in [0.29, 0.717) is 39.2 Å². The third-order valence-corrected chi connectivity index (χ3v) is 6.50. The molecule has 0 heterocycles. The molecule has 4 rings (SSSR count). The van der Waals surface area contributed by atoms with Crippen LogP contribution in [0.2, 0.25) is 0 Å². The number of hydrogen-bond acceptors (Lipinski definition) is 4. The number of carbonyl (C=O) groups is 2. The lowest BCUT2D eigenvalue weighted by molar-refractivity contribution is -0.153. The van der Waals surface area contributed by atoms with Gasteiger partial charge in [-0.2, -0.15) is 0 Å². The first-order valence-electron chi connectivity index (χ1n) is 10.6. The maximum atomic E-state index is 12.3. The molecule has 26 heavy (non-hydrogen) atoms. The lowest BCUT2D eigenvalue weighted by Gasteiger charge is -2.56. The number of nitrogens with one attached hydrogen (secondary N) is 1. The van der Waals surface area contributed by atoms with Crippen LogP contribution in [0, 0.1) is 23.2 Å². The molecule has 148 valence electrons. The Labute approximate surface area is 157 Å². The highest BCUT2D eigenvalue weighted by atomic mass is 16.6. The van der Waals surface area contributed by atoms with E-state index in [0.717, 1.165) is 30.6 Å². The molecule has 4 fully saturated rings. The summed E-state index contributed by atoms with van der Waals surface area (Å²) in [5.41, 5.74) is 0.245. The quantitative estimate of drug-likeness (QED) is 0.450. The second-order valence-electron chi connectivity index (χ2n) is 8.88. The average Bonchev–Trinajstić information content (AvgIpc) is 2.57. The maximum Gasteiger partial charge on any atom is 0.306 e. The normalized spacial score (nSPS) is 31.8. The van der Waals surface area contributed by atoms with Crippen molar-refractivity contribution in [3.63, 3.8) is 0 Å². The lowest BCUT2D eigenvalue weighted by atomic mass is 9.49. The van der Waals surface area contributed by atoms with Gasteiger partial charge >= 0.3 is 5.97 Å². The van der Waals surface area contributed by atoms with Gasteiger partial charge < -0.3 is 14.8 Å². The largest absolute Gasteiger partial charge is 0.463 e. The van der Waals surface area contributed by atoms with Gasteiger partial charge in [0.25, 0.3) is 0 Å². The topological polar surface area (TPSA) is 64.6 Å². The first-order chi connectivity index (χ1) is 12.6. The number of carbonyl (C=O) groups excluding carboxylic acids is 2. The number of rotatable bonds is 11. The predicted molar refractivity (Wildman–Crippen MR) is 99.5 cm³/mol. The molecule has 4 aliphatic rings. The highest BCUT2D eigenvalue weighted by Crippen LogP contribution is 2.61. The number of ether oxygens (including phenoxy) is 2. The summed E-state index contributed by atoms with van der Waals surface area (Å²) in [7, 11) is 0. The minimum Gasteiger partial charge on any atom is -0.463 e. The van der Waals surface area contributed by atoms with E-state index in [2.05, 4.69) is 12.2 Å². The van der Waals surface area contributed by atoms with Gasteiger partial charge in [-0.05, 0) is 68.1 Å². The zero-order valence-corrected chi connectivity index (χ0v) is 16.3. The summed E-state index contributed by atoms with van der Waals surface area (Å²) in [6, 6.07) is 0. The minimum absolute atomic E-state index is 0.0524. The Morgan fingerprint density at radius 1 is 1.00 bits per heavy atom. The first kappa shape index (κ1) is 19.7. The average molecular weight is 366 g/mol. The van der Waals surface area contributed by atoms with Crippen molar-refractivity contribution < 1.29 is 19.1 Å². The second kappa shape index (κ2) is 9.20. The van der Waals surface area contributed by atoms with Crippen molar-refractivity contribution in [1.29, 1.82) is 0 Å². The fourth-order valence-electron chi connectivity index (χ4n) is 5.87. The third kappa shape index (κ3) is 5.45. The second-order valence-corrected chi connectivity index (χ2v) is 8.88. The van der Waals surface area contributed by atoms with Crippen LogP contribution in [-0.4, -0.2) is 38.2 Å². The van der Waals surface area contributed by atoms with E-state index >= 15 is 0 Å². The van der Waals surface area contributed by atoms with E-state index in [4.69, 9.17) is 9.47 Å². The molecular formula is C21H35NO4. The van der Waals surface area contributed by atoms with E-state index < -0.39 is 0 Å². The zero-order chi connectivity index (χ0) is 18.4. The van der Waals surface area contributed by atoms with Gasteiger partial charge in [-0.1, -0.05) is 13.3 Å². The van der Waals surface area contributed by atoms with Gasteiger partial charge in [-0.15, -0.1) is 0 Å². The molecule has 4 saturated carbocycles. The Balaban J connectivity index is 1.23. The van der Waals surface area contributed by atoms with E-state index in [1.807, 2.05) is 0 Å². The highest BCUT2D eigenvalue weighted by molar-refractivity contribution is 5.75. The van der Waals surface area contributed by atoms with Crippen molar-refractivity contribution >= 4 is 11.9 Å². The molecule has 0 aromatic carbocycles. The molecule has 4 bridgehead atoms. The van der Waals surface area contributed by atoms with Crippen LogP contribution >= 0.6 is 0 Å². The van der Waals surface area contributed by atoms with Crippen LogP contribution in [0.3, 0.4) is 0 Å². The minimum atomic E-state index is -0.0524. The molecule has 0 spiro atoms. The predicted octanol–water partition coefficient (Wildman–Crippen LogP) is 3.46. The standard InChI is InChI=1S/C21H35NO4/c1-2-3-4-19(23)22-5-6-25-7-8-26-20(24)15-21-12-16-9-17(13-21)11-18(10-16)14-21/h16-18H,2-15H2,1H3,(H,22,23). The first-order valence-corrected chi connectivity index (χ1v) is 10.6. The van der Waals surface area contributed by atoms with Crippen LogP contribution in [0.25, 0.3) is 0 Å². The summed E-state index contributed by atoms with van der Waals surface area (Å²) in [4.78, 5) is 23.7. The van der Waals surface area contributed by atoms with E-state index in [1.165, 1.54) is 38.5 Å². The van der Waals surface area contributed by atoms with Gasteiger partial charge in [-0.3, -0.25) is 9.59 Å². The van der Waals surface area contributed by atoms with Crippen LogP contribution in [0.4, 0.5) is 0 Å². The molecule has 0 unspecified atom stereocenters. The number of hydrogen-bond donors (Lipinski definition) is 1. The summed E-state index contributed by atoms with van der Waals surface area (Å²) < 4.78 is 10.9. The van der Waals surface area contributed by atoms with Crippen LogP contribution in [0.5, 0.6) is 0 Å². The van der Waals surface area contributed by atoms with Crippen molar-refractivity contribution in [3.8, 4) is 0 Å². The van der Waals surface area contributed by atoms with Gasteiger partial charge in [0.2, 0.25) is 5.91 Å². The molecule has 0 radical (unpaired) electrons. The summed E-state index contributed by atoms with van der Waals surface area (Å²) in [6.07, 6.45) is 11.0. The van der Waals surface area contributed by atoms with Crippen LogP contribution < -0.4 is 5.32 Å². The van der Waals surface area contributed by atoms with Crippen LogP contribution in [-0.2, 0) is 19.1 Å². The van der Waals surface area contributed by atoms with Crippen molar-refractivity contribution in [1.82, 2.24) is 5.32 Å². The molecule has 5 heteroatoms. The smallest absolute Gasteiger partial charge is 0.306 e. The number of unbranched alkanes of at least 4 members (excludes halogenated alkanes) is 1. The zero-order valence-electron chi connectivity index (χ0n) is 16.3. The monoisotopic (exact) mass is 365 g/mol.